The second-order valence-electron chi connectivity index (χ2n) is 5.74. The summed E-state index contributed by atoms with van der Waals surface area (Å²) in [5, 5.41) is 2.71. The summed E-state index contributed by atoms with van der Waals surface area (Å²) in [7, 11) is 5.24. The van der Waals surface area contributed by atoms with Crippen molar-refractivity contribution in [3.63, 3.8) is 0 Å². The number of nitrogens with zero attached hydrogens (tertiary/aromatic N) is 1. The Bertz CT molecular complexity index is 628. The van der Waals surface area contributed by atoms with Gasteiger partial charge in [-0.05, 0) is 12.0 Å². The second kappa shape index (κ2) is 7.97. The Hall–Kier alpha value is -1.62. The van der Waals surface area contributed by atoms with E-state index in [0.29, 0.717) is 12.8 Å². The number of fused-ring (bicyclic) bond motifs is 2. The molecule has 2 aliphatic rings. The van der Waals surface area contributed by atoms with Gasteiger partial charge in [-0.1, -0.05) is 36.4 Å². The first-order chi connectivity index (χ1) is 11.1. The molecule has 1 N–H and O–H groups in total. The van der Waals surface area contributed by atoms with Gasteiger partial charge in [-0.15, -0.1) is 0 Å². The maximum Gasteiger partial charge on any atom is 0.407 e. The van der Waals surface area contributed by atoms with Crippen LogP contribution < -0.4 is 5.32 Å². The number of imide groups is 1. The van der Waals surface area contributed by atoms with Gasteiger partial charge in [-0.3, -0.25) is 9.59 Å². The van der Waals surface area contributed by atoms with Gasteiger partial charge in [0.05, 0.1) is 5.92 Å². The van der Waals surface area contributed by atoms with Crippen LogP contribution >= 0.6 is 0 Å². The third-order valence-corrected chi connectivity index (χ3v) is 4.28. The number of carbonyl (C=O) groups is 3. The Morgan fingerprint density at radius 2 is 2.04 bits per heavy atom. The summed E-state index contributed by atoms with van der Waals surface area (Å²) in [6.45, 7) is 0.164. The molecule has 0 aromatic heterocycles. The van der Waals surface area contributed by atoms with Crippen LogP contribution in [-0.4, -0.2) is 42.6 Å². The van der Waals surface area contributed by atoms with Crippen molar-refractivity contribution < 1.29 is 40.2 Å². The Labute approximate surface area is 156 Å². The van der Waals surface area contributed by atoms with Crippen LogP contribution in [0.1, 0.15) is 18.4 Å². The Morgan fingerprint density at radius 3 is 2.71 bits per heavy atom. The predicted molar refractivity (Wildman–Crippen MR) is 82.4 cm³/mol. The third kappa shape index (κ3) is 3.89. The standard InChI is InChI=1S/C16H16BN2O4.W/c17-15(21)19-11-6-7-13(12(8-11)14(19)20)18-16(22)23-9-10-4-2-1-3-5-10;/h1-6,11-13H,7-9H2,(H,18,22);/q-1;/t11-,12-,13+;/m1./s1. The fraction of sp³-hybridized carbons (Fsp3) is 0.375. The van der Waals surface area contributed by atoms with Crippen molar-refractivity contribution in [2.24, 2.45) is 5.92 Å². The fourth-order valence-electron chi connectivity index (χ4n) is 3.16. The van der Waals surface area contributed by atoms with Gasteiger partial charge in [0.15, 0.2) is 5.81 Å². The quantitative estimate of drug-likeness (QED) is 0.509. The maximum absolute atomic E-state index is 12.2. The molecule has 2 radical (unpaired) electrons. The molecule has 1 heterocycles. The van der Waals surface area contributed by atoms with Gasteiger partial charge in [0.2, 0.25) is 13.8 Å². The summed E-state index contributed by atoms with van der Waals surface area (Å²) in [5.74, 6) is -1.50. The van der Waals surface area contributed by atoms with Gasteiger partial charge >= 0.3 is 6.09 Å². The summed E-state index contributed by atoms with van der Waals surface area (Å²) in [5.41, 5.74) is 0.884. The minimum atomic E-state index is -0.744. The number of alkyl carbamates (subject to hydrolysis) is 1. The van der Waals surface area contributed by atoms with Crippen LogP contribution in [0.25, 0.3) is 0 Å². The van der Waals surface area contributed by atoms with E-state index >= 15 is 0 Å². The van der Waals surface area contributed by atoms with Gasteiger partial charge in [-0.2, -0.15) is 6.42 Å². The van der Waals surface area contributed by atoms with Crippen molar-refractivity contribution in [1.29, 1.82) is 0 Å². The summed E-state index contributed by atoms with van der Waals surface area (Å²) in [4.78, 5) is 36.5. The molecule has 1 saturated heterocycles. The van der Waals surface area contributed by atoms with Gasteiger partial charge < -0.3 is 21.4 Å². The van der Waals surface area contributed by atoms with Gasteiger partial charge in [0, 0.05) is 27.1 Å². The number of carbonyl (C=O) groups excluding carboxylic acids is 3. The molecule has 3 atom stereocenters. The molecule has 2 bridgehead atoms. The fourth-order valence-corrected chi connectivity index (χ4v) is 3.16. The Morgan fingerprint density at radius 1 is 1.33 bits per heavy atom. The molecule has 1 aromatic rings. The first-order valence-corrected chi connectivity index (χ1v) is 7.49. The second-order valence-corrected chi connectivity index (χ2v) is 5.74. The Balaban J connectivity index is 0.00000208. The largest absolute Gasteiger partial charge is 0.445 e. The molecule has 124 valence electrons. The van der Waals surface area contributed by atoms with E-state index in [9.17, 15) is 14.4 Å². The van der Waals surface area contributed by atoms with Crippen molar-refractivity contribution in [3.8, 4) is 0 Å². The summed E-state index contributed by atoms with van der Waals surface area (Å²) < 4.78 is 5.17. The number of amides is 3. The average molecular weight is 495 g/mol. The van der Waals surface area contributed by atoms with Gasteiger partial charge in [0.25, 0.3) is 0 Å². The number of rotatable bonds is 3. The molecule has 24 heavy (non-hydrogen) atoms. The molecular weight excluding hydrogens is 479 g/mol. The molecule has 2 fully saturated rings. The molecule has 0 unspecified atom stereocenters. The van der Waals surface area contributed by atoms with Crippen molar-refractivity contribution >= 4 is 25.7 Å². The van der Waals surface area contributed by atoms with Crippen LogP contribution in [0.3, 0.4) is 0 Å². The molecule has 1 aliphatic heterocycles. The summed E-state index contributed by atoms with van der Waals surface area (Å²) in [6.07, 6.45) is 2.27. The smallest absolute Gasteiger partial charge is 0.407 e. The van der Waals surface area contributed by atoms with E-state index in [1.807, 2.05) is 36.8 Å². The van der Waals surface area contributed by atoms with Crippen LogP contribution in [0.4, 0.5) is 9.59 Å². The number of benzene rings is 1. The normalized spacial score (nSPS) is 24.9. The third-order valence-electron chi connectivity index (χ3n) is 4.28. The van der Waals surface area contributed by atoms with E-state index in [1.165, 1.54) is 0 Å². The van der Waals surface area contributed by atoms with Gasteiger partial charge in [-0.25, -0.2) is 4.79 Å². The zero-order chi connectivity index (χ0) is 16.4. The SMILES string of the molecule is [B]C(=O)N1C(=O)[C@@H]2C[C@H]1[CH-]C[C@@H]2NC(=O)OCc1ccccc1.[W]. The number of hydrogen-bond donors (Lipinski definition) is 1. The predicted octanol–water partition coefficient (Wildman–Crippen LogP) is 1.39. The summed E-state index contributed by atoms with van der Waals surface area (Å²) in [6, 6.07) is 8.70. The maximum atomic E-state index is 12.2. The van der Waals surface area contributed by atoms with Crippen LogP contribution in [0.15, 0.2) is 30.3 Å². The molecule has 1 aromatic carbocycles. The molecule has 1 saturated carbocycles. The van der Waals surface area contributed by atoms with E-state index in [0.717, 1.165) is 10.5 Å². The van der Waals surface area contributed by atoms with Gasteiger partial charge in [0.1, 0.15) is 6.61 Å². The van der Waals surface area contributed by atoms with E-state index in [1.54, 1.807) is 0 Å². The molecule has 6 nitrogen and oxygen atoms in total. The van der Waals surface area contributed by atoms with Crippen molar-refractivity contribution in [2.75, 3.05) is 0 Å². The molecule has 3 rings (SSSR count). The molecule has 0 spiro atoms. The topological polar surface area (TPSA) is 75.7 Å². The number of nitrogens with one attached hydrogen (secondary N) is 1. The monoisotopic (exact) mass is 495 g/mol. The summed E-state index contributed by atoms with van der Waals surface area (Å²) >= 11 is 0. The molecule has 3 amide bonds. The first-order valence-electron chi connectivity index (χ1n) is 7.49. The molecule has 1 aliphatic carbocycles. The Kier molecular flexibility index (Phi) is 6.22. The first kappa shape index (κ1) is 18.7. The van der Waals surface area contributed by atoms with Crippen molar-refractivity contribution in [3.05, 3.63) is 42.3 Å². The van der Waals surface area contributed by atoms with E-state index < -0.39 is 17.8 Å². The van der Waals surface area contributed by atoms with E-state index in [2.05, 4.69) is 5.32 Å². The molecular formula is C16H16BN2O4W-. The average Bonchev–Trinajstić information content (AvgIpc) is 2.81. The van der Waals surface area contributed by atoms with Crippen molar-refractivity contribution in [1.82, 2.24) is 10.2 Å². The minimum absolute atomic E-state index is 0. The van der Waals surface area contributed by atoms with Crippen LogP contribution in [-0.2, 0) is 37.2 Å². The number of likely N-dealkylation sites (tertiary alicyclic amines) is 1. The zero-order valence-corrected chi connectivity index (χ0v) is 15.8. The van der Waals surface area contributed by atoms with E-state index in [-0.39, 0.29) is 45.7 Å². The number of ether oxygens (including phenoxy) is 1. The van der Waals surface area contributed by atoms with Crippen LogP contribution in [0.5, 0.6) is 0 Å². The zero-order valence-electron chi connectivity index (χ0n) is 12.9. The minimum Gasteiger partial charge on any atom is -0.445 e. The number of hydrogen-bond acceptors (Lipinski definition) is 4. The van der Waals surface area contributed by atoms with Crippen LogP contribution in [0, 0.1) is 12.3 Å². The molecule has 8 heteroatoms. The van der Waals surface area contributed by atoms with Crippen LogP contribution in [0.2, 0.25) is 0 Å². The van der Waals surface area contributed by atoms with Crippen molar-refractivity contribution in [2.45, 2.75) is 31.5 Å². The van der Waals surface area contributed by atoms with E-state index in [4.69, 9.17) is 12.6 Å².